The van der Waals surface area contributed by atoms with Crippen LogP contribution in [0.1, 0.15) is 78.2 Å². The Morgan fingerprint density at radius 3 is 1.84 bits per heavy atom. The molecule has 0 saturated carbocycles. The standard InChI is InChI=1S/C28H35F3O4S2/c29-28(30,31)23-15-14-22(13-9-4-2-1-3-6-10-21-11-7-5-8-12-21)24(20-23)27(36-18-16-25(32)33)37-19-17-26(34)35/h5,7-8,11-12,14-15,20,27H,1-4,6,9-10,13,16-19H2,(H,32,33)(H,34,35). The molecule has 37 heavy (non-hydrogen) atoms. The maximum Gasteiger partial charge on any atom is 0.416 e. The SMILES string of the molecule is O=C(O)CCSC(SCCC(=O)O)c1cc(C(F)(F)F)ccc1CCCCCCCCc1ccccc1. The summed E-state index contributed by atoms with van der Waals surface area (Å²) in [6.07, 6.45) is 3.27. The summed E-state index contributed by atoms with van der Waals surface area (Å²) < 4.78 is 40.0. The van der Waals surface area contributed by atoms with Gasteiger partial charge in [0.15, 0.2) is 0 Å². The van der Waals surface area contributed by atoms with E-state index in [4.69, 9.17) is 10.2 Å². The highest BCUT2D eigenvalue weighted by atomic mass is 32.2. The summed E-state index contributed by atoms with van der Waals surface area (Å²) in [6, 6.07) is 14.2. The number of thioether (sulfide) groups is 2. The Morgan fingerprint density at radius 1 is 0.757 bits per heavy atom. The van der Waals surface area contributed by atoms with E-state index in [1.165, 1.54) is 35.2 Å². The molecule has 0 atom stereocenters. The Hall–Kier alpha value is -2.13. The lowest BCUT2D eigenvalue weighted by atomic mass is 9.98. The lowest BCUT2D eigenvalue weighted by molar-refractivity contribution is -0.138. The molecule has 204 valence electrons. The molecule has 4 nitrogen and oxygen atoms in total. The smallest absolute Gasteiger partial charge is 0.416 e. The monoisotopic (exact) mass is 556 g/mol. The molecule has 0 fully saturated rings. The first kappa shape index (κ1) is 31.1. The van der Waals surface area contributed by atoms with Crippen molar-refractivity contribution in [3.63, 3.8) is 0 Å². The minimum absolute atomic E-state index is 0.112. The van der Waals surface area contributed by atoms with Crippen LogP contribution in [0.15, 0.2) is 48.5 Å². The average Bonchev–Trinajstić information content (AvgIpc) is 2.84. The van der Waals surface area contributed by atoms with Crippen molar-refractivity contribution in [2.75, 3.05) is 11.5 Å². The van der Waals surface area contributed by atoms with Crippen molar-refractivity contribution >= 4 is 35.5 Å². The third-order valence-corrected chi connectivity index (χ3v) is 8.71. The van der Waals surface area contributed by atoms with E-state index >= 15 is 0 Å². The minimum atomic E-state index is -4.49. The van der Waals surface area contributed by atoms with E-state index in [1.54, 1.807) is 0 Å². The molecule has 2 aromatic carbocycles. The molecular formula is C28H35F3O4S2. The third-order valence-electron chi connectivity index (χ3n) is 5.90. The molecule has 0 radical (unpaired) electrons. The van der Waals surface area contributed by atoms with Crippen molar-refractivity contribution < 1.29 is 33.0 Å². The van der Waals surface area contributed by atoms with Crippen LogP contribution in [0.5, 0.6) is 0 Å². The van der Waals surface area contributed by atoms with Crippen LogP contribution in [-0.2, 0) is 28.6 Å². The minimum Gasteiger partial charge on any atom is -0.481 e. The van der Waals surface area contributed by atoms with Gasteiger partial charge in [-0.15, -0.1) is 23.5 Å². The van der Waals surface area contributed by atoms with Crippen LogP contribution in [-0.4, -0.2) is 33.7 Å². The molecule has 0 unspecified atom stereocenters. The number of alkyl halides is 3. The van der Waals surface area contributed by atoms with Crippen molar-refractivity contribution in [3.05, 3.63) is 70.8 Å². The molecule has 0 bridgehead atoms. The molecular weight excluding hydrogens is 521 g/mol. The van der Waals surface area contributed by atoms with Crippen LogP contribution in [0, 0.1) is 0 Å². The van der Waals surface area contributed by atoms with E-state index in [1.807, 2.05) is 18.2 Å². The van der Waals surface area contributed by atoms with Gasteiger partial charge in [-0.1, -0.05) is 62.1 Å². The maximum absolute atomic E-state index is 13.5. The predicted molar refractivity (Wildman–Crippen MR) is 145 cm³/mol. The summed E-state index contributed by atoms with van der Waals surface area (Å²) >= 11 is 2.52. The molecule has 0 spiro atoms. The van der Waals surface area contributed by atoms with Gasteiger partial charge in [-0.3, -0.25) is 9.59 Å². The van der Waals surface area contributed by atoms with Gasteiger partial charge >= 0.3 is 18.1 Å². The summed E-state index contributed by atoms with van der Waals surface area (Å²) in [7, 11) is 0. The molecule has 0 aromatic heterocycles. The molecule has 0 aliphatic carbocycles. The molecule has 0 heterocycles. The molecule has 0 aliphatic heterocycles. The number of carboxylic acids is 2. The van der Waals surface area contributed by atoms with Crippen molar-refractivity contribution in [1.29, 1.82) is 0 Å². The zero-order valence-corrected chi connectivity index (χ0v) is 22.5. The zero-order valence-electron chi connectivity index (χ0n) is 20.8. The van der Waals surface area contributed by atoms with Crippen LogP contribution in [0.25, 0.3) is 0 Å². The van der Waals surface area contributed by atoms with Gasteiger partial charge < -0.3 is 10.2 Å². The second-order valence-corrected chi connectivity index (χ2v) is 11.6. The largest absolute Gasteiger partial charge is 0.481 e. The molecule has 2 aromatic rings. The van der Waals surface area contributed by atoms with Gasteiger partial charge in [-0.25, -0.2) is 0 Å². The highest BCUT2D eigenvalue weighted by Crippen LogP contribution is 2.44. The lowest BCUT2D eigenvalue weighted by Gasteiger charge is -2.21. The van der Waals surface area contributed by atoms with Gasteiger partial charge in [0, 0.05) is 11.5 Å². The Labute approximate surface area is 225 Å². The lowest BCUT2D eigenvalue weighted by Crippen LogP contribution is -2.09. The molecule has 0 amide bonds. The number of benzene rings is 2. The topological polar surface area (TPSA) is 74.6 Å². The average molecular weight is 557 g/mol. The van der Waals surface area contributed by atoms with E-state index in [9.17, 15) is 22.8 Å². The van der Waals surface area contributed by atoms with Crippen molar-refractivity contribution in [2.45, 2.75) is 75.0 Å². The quantitative estimate of drug-likeness (QED) is 0.142. The van der Waals surface area contributed by atoms with E-state index in [-0.39, 0.29) is 24.3 Å². The predicted octanol–water partition coefficient (Wildman–Crippen LogP) is 8.25. The second-order valence-electron chi connectivity index (χ2n) is 8.88. The fraction of sp³-hybridized carbons (Fsp3) is 0.500. The number of halogens is 3. The molecule has 0 aliphatic rings. The summed E-state index contributed by atoms with van der Waals surface area (Å²) in [5.74, 6) is -1.48. The van der Waals surface area contributed by atoms with Gasteiger partial charge in [0.05, 0.1) is 23.0 Å². The number of carboxylic acid groups (broad SMARTS) is 2. The normalized spacial score (nSPS) is 11.7. The molecule has 2 rings (SSSR count). The highest BCUT2D eigenvalue weighted by Gasteiger charge is 2.32. The van der Waals surface area contributed by atoms with Crippen molar-refractivity contribution in [2.24, 2.45) is 0 Å². The van der Waals surface area contributed by atoms with Crippen LogP contribution < -0.4 is 0 Å². The van der Waals surface area contributed by atoms with Gasteiger partial charge in [0.1, 0.15) is 0 Å². The Bertz CT molecular complexity index is 948. The van der Waals surface area contributed by atoms with Crippen LogP contribution >= 0.6 is 23.5 Å². The van der Waals surface area contributed by atoms with Gasteiger partial charge in [-0.05, 0) is 54.5 Å². The molecule has 0 saturated heterocycles. The van der Waals surface area contributed by atoms with Crippen LogP contribution in [0.2, 0.25) is 0 Å². The molecule has 9 heteroatoms. The van der Waals surface area contributed by atoms with E-state index in [0.29, 0.717) is 12.0 Å². The highest BCUT2D eigenvalue weighted by molar-refractivity contribution is 8.16. The van der Waals surface area contributed by atoms with Gasteiger partial charge in [-0.2, -0.15) is 13.2 Å². The van der Waals surface area contributed by atoms with Crippen LogP contribution in [0.3, 0.4) is 0 Å². The third kappa shape index (κ3) is 12.8. The fourth-order valence-corrected chi connectivity index (χ4v) is 6.72. The number of aryl methyl sites for hydroxylation is 2. The Kier molecular flexibility index (Phi) is 14.0. The number of unbranched alkanes of at least 4 members (excludes halogenated alkanes) is 5. The van der Waals surface area contributed by atoms with Gasteiger partial charge in [0.2, 0.25) is 0 Å². The van der Waals surface area contributed by atoms with Crippen molar-refractivity contribution in [1.82, 2.24) is 0 Å². The number of rotatable bonds is 18. The summed E-state index contributed by atoms with van der Waals surface area (Å²) in [4.78, 5) is 21.9. The number of aliphatic carboxylic acids is 2. The van der Waals surface area contributed by atoms with Crippen molar-refractivity contribution in [3.8, 4) is 0 Å². The molecule has 2 N–H and O–H groups in total. The van der Waals surface area contributed by atoms with E-state index < -0.39 is 28.3 Å². The first-order chi connectivity index (χ1) is 17.7. The second kappa shape index (κ2) is 16.7. The van der Waals surface area contributed by atoms with E-state index in [0.717, 1.165) is 62.6 Å². The van der Waals surface area contributed by atoms with E-state index in [2.05, 4.69) is 12.1 Å². The first-order valence-corrected chi connectivity index (χ1v) is 14.7. The fourth-order valence-electron chi connectivity index (χ4n) is 3.95. The number of hydrogen-bond acceptors (Lipinski definition) is 4. The Morgan fingerprint density at radius 2 is 1.30 bits per heavy atom. The maximum atomic E-state index is 13.5. The number of carbonyl (C=O) groups is 2. The number of hydrogen-bond donors (Lipinski definition) is 2. The van der Waals surface area contributed by atoms with Crippen LogP contribution in [0.4, 0.5) is 13.2 Å². The summed E-state index contributed by atoms with van der Waals surface area (Å²) in [5.41, 5.74) is 1.93. The van der Waals surface area contributed by atoms with Gasteiger partial charge in [0.25, 0.3) is 0 Å². The Balaban J connectivity index is 1.97. The summed E-state index contributed by atoms with van der Waals surface area (Å²) in [6.45, 7) is 0. The first-order valence-electron chi connectivity index (χ1n) is 12.6. The zero-order chi connectivity index (χ0) is 27.1. The summed E-state index contributed by atoms with van der Waals surface area (Å²) in [5, 5.41) is 18.0.